The molecule has 1 heterocycles. The van der Waals surface area contributed by atoms with Gasteiger partial charge in [-0.15, -0.1) is 0 Å². The Bertz CT molecular complexity index is 476. The van der Waals surface area contributed by atoms with E-state index in [1.54, 1.807) is 0 Å². The Hall–Kier alpha value is -1.39. The number of nitrogens with two attached hydrogens (primary N) is 1. The predicted octanol–water partition coefficient (Wildman–Crippen LogP) is 1.31. The van der Waals surface area contributed by atoms with Crippen molar-refractivity contribution in [1.29, 1.82) is 0 Å². The average molecular weight is 205 g/mol. The monoisotopic (exact) mass is 205 g/mol. The molecule has 0 amide bonds. The van der Waals surface area contributed by atoms with Crippen molar-refractivity contribution in [3.63, 3.8) is 0 Å². The Kier molecular flexibility index (Phi) is 2.70. The Morgan fingerprint density at radius 2 is 2.27 bits per heavy atom. The van der Waals surface area contributed by atoms with Gasteiger partial charge in [0.1, 0.15) is 0 Å². The molecule has 80 valence electrons. The maximum Gasteiger partial charge on any atom is 0.0719 e. The van der Waals surface area contributed by atoms with E-state index in [0.717, 1.165) is 17.6 Å². The van der Waals surface area contributed by atoms with E-state index in [1.165, 1.54) is 10.9 Å². The van der Waals surface area contributed by atoms with E-state index in [9.17, 15) is 0 Å². The van der Waals surface area contributed by atoms with E-state index in [-0.39, 0.29) is 0 Å². The SMILES string of the molecule is Cc1nn(C)c2cc(CCON)ccc12. The van der Waals surface area contributed by atoms with Gasteiger partial charge in [-0.3, -0.25) is 4.68 Å². The molecule has 2 rings (SSSR count). The molecule has 1 aromatic carbocycles. The predicted molar refractivity (Wildman–Crippen MR) is 59.3 cm³/mol. The summed E-state index contributed by atoms with van der Waals surface area (Å²) in [7, 11) is 1.96. The van der Waals surface area contributed by atoms with Crippen LogP contribution in [0.4, 0.5) is 0 Å². The first-order valence-electron chi connectivity index (χ1n) is 4.96. The van der Waals surface area contributed by atoms with Crippen molar-refractivity contribution >= 4 is 10.9 Å². The van der Waals surface area contributed by atoms with Crippen molar-refractivity contribution in [2.45, 2.75) is 13.3 Å². The van der Waals surface area contributed by atoms with Gasteiger partial charge in [-0.2, -0.15) is 5.10 Å². The molecule has 0 aliphatic carbocycles. The molecule has 4 nitrogen and oxygen atoms in total. The maximum absolute atomic E-state index is 5.01. The number of benzene rings is 1. The highest BCUT2D eigenvalue weighted by Gasteiger charge is 2.04. The van der Waals surface area contributed by atoms with Crippen LogP contribution < -0.4 is 5.90 Å². The van der Waals surface area contributed by atoms with Gasteiger partial charge in [0.2, 0.25) is 0 Å². The van der Waals surface area contributed by atoms with Crippen molar-refractivity contribution in [2.75, 3.05) is 6.61 Å². The fraction of sp³-hybridized carbons (Fsp3) is 0.364. The zero-order chi connectivity index (χ0) is 10.8. The van der Waals surface area contributed by atoms with Gasteiger partial charge in [0.25, 0.3) is 0 Å². The smallest absolute Gasteiger partial charge is 0.0719 e. The summed E-state index contributed by atoms with van der Waals surface area (Å²) in [5, 5.41) is 5.58. The average Bonchev–Trinajstić information content (AvgIpc) is 2.52. The van der Waals surface area contributed by atoms with Gasteiger partial charge < -0.3 is 4.84 Å². The second-order valence-electron chi connectivity index (χ2n) is 3.68. The van der Waals surface area contributed by atoms with Crippen LogP contribution in [0, 0.1) is 6.92 Å². The third-order valence-electron chi connectivity index (χ3n) is 2.61. The van der Waals surface area contributed by atoms with E-state index < -0.39 is 0 Å². The van der Waals surface area contributed by atoms with Gasteiger partial charge in [0.05, 0.1) is 17.8 Å². The van der Waals surface area contributed by atoms with E-state index in [2.05, 4.69) is 28.1 Å². The lowest BCUT2D eigenvalue weighted by molar-refractivity contribution is 0.141. The van der Waals surface area contributed by atoms with Crippen molar-refractivity contribution in [3.05, 3.63) is 29.5 Å². The summed E-state index contributed by atoms with van der Waals surface area (Å²) < 4.78 is 1.90. The first-order chi connectivity index (χ1) is 7.22. The number of rotatable bonds is 3. The third kappa shape index (κ3) is 1.86. The lowest BCUT2D eigenvalue weighted by atomic mass is 10.1. The van der Waals surface area contributed by atoms with Crippen LogP contribution in [-0.4, -0.2) is 16.4 Å². The Balaban J connectivity index is 2.41. The zero-order valence-electron chi connectivity index (χ0n) is 9.03. The highest BCUT2D eigenvalue weighted by molar-refractivity contribution is 5.82. The van der Waals surface area contributed by atoms with Crippen LogP contribution in [0.15, 0.2) is 18.2 Å². The van der Waals surface area contributed by atoms with Gasteiger partial charge in [0, 0.05) is 12.4 Å². The van der Waals surface area contributed by atoms with E-state index in [4.69, 9.17) is 5.90 Å². The molecule has 0 saturated heterocycles. The van der Waals surface area contributed by atoms with Crippen molar-refractivity contribution in [3.8, 4) is 0 Å². The molecule has 0 fully saturated rings. The molecule has 0 atom stereocenters. The standard InChI is InChI=1S/C11H15N3O/c1-8-10-4-3-9(5-6-15-12)7-11(10)14(2)13-8/h3-4,7H,5-6,12H2,1-2H3. The largest absolute Gasteiger partial charge is 0.304 e. The highest BCUT2D eigenvalue weighted by atomic mass is 16.6. The van der Waals surface area contributed by atoms with E-state index in [0.29, 0.717) is 6.61 Å². The van der Waals surface area contributed by atoms with Crippen LogP contribution in [0.1, 0.15) is 11.3 Å². The lowest BCUT2D eigenvalue weighted by Gasteiger charge is -2.01. The summed E-state index contributed by atoms with van der Waals surface area (Å²) in [5.41, 5.74) is 3.44. The summed E-state index contributed by atoms with van der Waals surface area (Å²) in [6.07, 6.45) is 0.830. The Morgan fingerprint density at radius 1 is 1.47 bits per heavy atom. The minimum absolute atomic E-state index is 0.544. The summed E-state index contributed by atoms with van der Waals surface area (Å²) in [6.45, 7) is 2.56. The molecule has 0 bridgehead atoms. The van der Waals surface area contributed by atoms with Crippen molar-refractivity contribution in [1.82, 2.24) is 9.78 Å². The first kappa shape index (κ1) is 10.1. The van der Waals surface area contributed by atoms with Crippen molar-refractivity contribution < 1.29 is 4.84 Å². The van der Waals surface area contributed by atoms with Gasteiger partial charge in [-0.05, 0) is 25.0 Å². The fourth-order valence-corrected chi connectivity index (χ4v) is 1.82. The molecule has 4 heteroatoms. The molecular weight excluding hydrogens is 190 g/mol. The normalized spacial score (nSPS) is 11.1. The van der Waals surface area contributed by atoms with Gasteiger partial charge in [-0.1, -0.05) is 12.1 Å². The van der Waals surface area contributed by atoms with Crippen LogP contribution in [0.2, 0.25) is 0 Å². The van der Waals surface area contributed by atoms with Gasteiger partial charge >= 0.3 is 0 Å². The molecule has 0 saturated carbocycles. The lowest BCUT2D eigenvalue weighted by Crippen LogP contribution is -2.03. The number of aryl methyl sites for hydroxylation is 2. The van der Waals surface area contributed by atoms with Crippen LogP contribution in [0.25, 0.3) is 10.9 Å². The zero-order valence-corrected chi connectivity index (χ0v) is 9.03. The van der Waals surface area contributed by atoms with Gasteiger partial charge in [-0.25, -0.2) is 5.90 Å². The summed E-state index contributed by atoms with van der Waals surface area (Å²) >= 11 is 0. The molecule has 0 unspecified atom stereocenters. The minimum atomic E-state index is 0.544. The molecule has 2 aromatic rings. The molecule has 1 aromatic heterocycles. The van der Waals surface area contributed by atoms with Crippen LogP contribution in [0.3, 0.4) is 0 Å². The molecular formula is C11H15N3O. The Labute approximate surface area is 88.6 Å². The quantitative estimate of drug-likeness (QED) is 0.769. The first-order valence-corrected chi connectivity index (χ1v) is 4.96. The third-order valence-corrected chi connectivity index (χ3v) is 2.61. The molecule has 0 radical (unpaired) electrons. The number of hydrogen-bond acceptors (Lipinski definition) is 3. The maximum atomic E-state index is 5.01. The molecule has 0 spiro atoms. The fourth-order valence-electron chi connectivity index (χ4n) is 1.82. The van der Waals surface area contributed by atoms with Crippen LogP contribution in [-0.2, 0) is 18.3 Å². The van der Waals surface area contributed by atoms with Crippen molar-refractivity contribution in [2.24, 2.45) is 12.9 Å². The van der Waals surface area contributed by atoms with Crippen LogP contribution >= 0.6 is 0 Å². The molecule has 2 N–H and O–H groups in total. The molecule has 0 aliphatic heterocycles. The highest BCUT2D eigenvalue weighted by Crippen LogP contribution is 2.18. The Morgan fingerprint density at radius 3 is 3.00 bits per heavy atom. The summed E-state index contributed by atoms with van der Waals surface area (Å²) in [5.74, 6) is 5.01. The van der Waals surface area contributed by atoms with Crippen LogP contribution in [0.5, 0.6) is 0 Å². The van der Waals surface area contributed by atoms with Gasteiger partial charge in [0.15, 0.2) is 0 Å². The molecule has 0 aliphatic rings. The second-order valence-corrected chi connectivity index (χ2v) is 3.68. The number of aromatic nitrogens is 2. The second kappa shape index (κ2) is 4.00. The van der Waals surface area contributed by atoms with E-state index >= 15 is 0 Å². The summed E-state index contributed by atoms with van der Waals surface area (Å²) in [4.78, 5) is 4.57. The van der Waals surface area contributed by atoms with E-state index in [1.807, 2.05) is 18.7 Å². The topological polar surface area (TPSA) is 53.1 Å². The minimum Gasteiger partial charge on any atom is -0.304 e. The summed E-state index contributed by atoms with van der Waals surface area (Å²) in [6, 6.07) is 6.33. The number of fused-ring (bicyclic) bond motifs is 1. The number of nitrogens with zero attached hydrogens (tertiary/aromatic N) is 2. The number of hydrogen-bond donors (Lipinski definition) is 1. The molecule has 15 heavy (non-hydrogen) atoms.